The van der Waals surface area contributed by atoms with Gasteiger partial charge in [-0.15, -0.1) is 0 Å². The van der Waals surface area contributed by atoms with Crippen molar-refractivity contribution in [3.8, 4) is 5.75 Å². The number of imide groups is 1. The van der Waals surface area contributed by atoms with Crippen LogP contribution in [0.25, 0.3) is 0 Å². The maximum Gasteiger partial charge on any atom is 0.328 e. The molecule has 1 saturated carbocycles. The highest BCUT2D eigenvalue weighted by Gasteiger charge is 2.49. The summed E-state index contributed by atoms with van der Waals surface area (Å²) in [6.45, 7) is 9.49. The van der Waals surface area contributed by atoms with Gasteiger partial charge in [-0.2, -0.15) is 0 Å². The number of piperidine rings is 1. The number of methoxy groups -OCH3 is 1. The van der Waals surface area contributed by atoms with Crippen LogP contribution in [0.5, 0.6) is 5.75 Å². The summed E-state index contributed by atoms with van der Waals surface area (Å²) in [5, 5.41) is 2.33. The normalized spacial score (nSPS) is 24.8. The van der Waals surface area contributed by atoms with Crippen LogP contribution in [0.4, 0.5) is 10.5 Å². The Morgan fingerprint density at radius 2 is 1.71 bits per heavy atom. The van der Waals surface area contributed by atoms with Crippen molar-refractivity contribution in [3.63, 3.8) is 0 Å². The lowest BCUT2D eigenvalue weighted by molar-refractivity contribution is -0.150. The van der Waals surface area contributed by atoms with E-state index in [1.165, 1.54) is 12.0 Å². The predicted octanol–water partition coefficient (Wildman–Crippen LogP) is 3.73. The van der Waals surface area contributed by atoms with Crippen LogP contribution >= 0.6 is 0 Å². The van der Waals surface area contributed by atoms with E-state index in [2.05, 4.69) is 5.32 Å². The van der Waals surface area contributed by atoms with Crippen LogP contribution in [0.1, 0.15) is 81.3 Å². The Labute approximate surface area is 328 Å². The summed E-state index contributed by atoms with van der Waals surface area (Å²) >= 11 is 0. The molecule has 4 aliphatic heterocycles. The minimum absolute atomic E-state index is 0.0851. The molecular weight excluding hydrogens is 716 g/mol. The highest BCUT2D eigenvalue weighted by molar-refractivity contribution is 6.07. The fourth-order valence-corrected chi connectivity index (χ4v) is 9.03. The second-order valence-corrected chi connectivity index (χ2v) is 17.3. The van der Waals surface area contributed by atoms with Crippen LogP contribution < -0.4 is 20.7 Å². The number of nitrogens with one attached hydrogen (secondary N) is 1. The number of likely N-dealkylation sites (tertiary alicyclic amines) is 2. The van der Waals surface area contributed by atoms with Gasteiger partial charge in [0.15, 0.2) is 0 Å². The first-order valence-corrected chi connectivity index (χ1v) is 20.0. The summed E-state index contributed by atoms with van der Waals surface area (Å²) in [5.41, 5.74) is 8.12. The fraction of sp³-hybridized carbons (Fsp3) is 0.595. The van der Waals surface area contributed by atoms with Crippen LogP contribution in [0.15, 0.2) is 48.5 Å². The van der Waals surface area contributed by atoms with E-state index in [4.69, 9.17) is 19.9 Å². The summed E-state index contributed by atoms with van der Waals surface area (Å²) in [5.74, 6) is 0.0830. The molecule has 14 heteroatoms. The molecule has 4 atom stereocenters. The van der Waals surface area contributed by atoms with Crippen LogP contribution in [0.3, 0.4) is 0 Å². The number of ether oxygens (including phenoxy) is 3. The van der Waals surface area contributed by atoms with Gasteiger partial charge in [0.1, 0.15) is 17.9 Å². The average molecular weight is 773 g/mol. The Kier molecular flexibility index (Phi) is 11.4. The van der Waals surface area contributed by atoms with Gasteiger partial charge >= 0.3 is 6.03 Å². The summed E-state index contributed by atoms with van der Waals surface area (Å²) in [7, 11) is 1.51. The van der Waals surface area contributed by atoms with Crippen molar-refractivity contribution >= 4 is 35.3 Å². The molecule has 1 spiro atoms. The number of carbonyl (C=O) groups is 5. The van der Waals surface area contributed by atoms with Gasteiger partial charge < -0.3 is 34.6 Å². The second-order valence-electron chi connectivity index (χ2n) is 17.3. The van der Waals surface area contributed by atoms with Gasteiger partial charge in [0.25, 0.3) is 5.91 Å². The molecule has 5 fully saturated rings. The van der Waals surface area contributed by atoms with E-state index in [0.29, 0.717) is 75.3 Å². The number of urea groups is 1. The zero-order valence-electron chi connectivity index (χ0n) is 33.0. The number of hydrogen-bond acceptors (Lipinski definition) is 9. The van der Waals surface area contributed by atoms with Crippen molar-refractivity contribution in [1.29, 1.82) is 0 Å². The summed E-state index contributed by atoms with van der Waals surface area (Å²) in [4.78, 5) is 72.7. The largest absolute Gasteiger partial charge is 0.495 e. The minimum Gasteiger partial charge on any atom is -0.495 e. The van der Waals surface area contributed by atoms with E-state index in [1.807, 2.05) is 60.9 Å². The highest BCUT2D eigenvalue weighted by atomic mass is 16.5. The van der Waals surface area contributed by atoms with E-state index in [9.17, 15) is 24.0 Å². The monoisotopic (exact) mass is 772 g/mol. The third kappa shape index (κ3) is 8.28. The van der Waals surface area contributed by atoms with E-state index in [0.717, 1.165) is 31.2 Å². The Morgan fingerprint density at radius 3 is 2.39 bits per heavy atom. The molecule has 3 N–H and O–H groups in total. The van der Waals surface area contributed by atoms with Crippen molar-refractivity contribution in [3.05, 3.63) is 59.7 Å². The number of benzene rings is 2. The number of nitrogens with two attached hydrogens (primary N) is 1. The smallest absolute Gasteiger partial charge is 0.328 e. The molecule has 4 saturated heterocycles. The van der Waals surface area contributed by atoms with Crippen LogP contribution in [0, 0.1) is 16.7 Å². The number of nitrogens with zero attached hydrogens (tertiary/aromatic N) is 4. The fourth-order valence-electron chi connectivity index (χ4n) is 9.03. The molecule has 0 aromatic heterocycles. The Balaban J connectivity index is 0.927. The number of rotatable bonds is 9. The van der Waals surface area contributed by atoms with Gasteiger partial charge in [-0.1, -0.05) is 51.1 Å². The topological polar surface area (TPSA) is 164 Å². The molecule has 56 heavy (non-hydrogen) atoms. The molecule has 302 valence electrons. The number of carbonyl (C=O) groups excluding carboxylic acids is 5. The number of amides is 6. The lowest BCUT2D eigenvalue weighted by Crippen LogP contribution is -2.56. The summed E-state index contributed by atoms with van der Waals surface area (Å²) in [6, 6.07) is 13.0. The second kappa shape index (κ2) is 16.1. The lowest BCUT2D eigenvalue weighted by Gasteiger charge is -2.52. The van der Waals surface area contributed by atoms with Crippen molar-refractivity contribution in [1.82, 2.24) is 20.0 Å². The van der Waals surface area contributed by atoms with Gasteiger partial charge in [0, 0.05) is 57.7 Å². The molecule has 6 amide bonds. The van der Waals surface area contributed by atoms with Crippen molar-refractivity contribution < 1.29 is 38.2 Å². The number of morpholine rings is 1. The van der Waals surface area contributed by atoms with Crippen LogP contribution in [0.2, 0.25) is 0 Å². The number of anilines is 1. The maximum absolute atomic E-state index is 14.1. The predicted molar refractivity (Wildman–Crippen MR) is 208 cm³/mol. The zero-order valence-corrected chi connectivity index (χ0v) is 33.0. The SMILES string of the molecule is COc1ccc(C(=O)N2CCC3(CC2)CC(CO[C@H]2C[C@@H](C(=O)N4CCO[C@H](c5ccccc5)C4)N(C(=O)[C@@H](N)C(C)(C)C)C2)C3)cc1N1CCC(=O)NC1=O. The van der Waals surface area contributed by atoms with Gasteiger partial charge in [0.2, 0.25) is 17.7 Å². The molecule has 2 aromatic carbocycles. The van der Waals surface area contributed by atoms with E-state index >= 15 is 0 Å². The molecule has 4 heterocycles. The Hall–Kier alpha value is -4.53. The average Bonchev–Trinajstić information content (AvgIpc) is 3.62. The molecule has 0 radical (unpaired) electrons. The highest BCUT2D eigenvalue weighted by Crippen LogP contribution is 2.53. The van der Waals surface area contributed by atoms with Crippen LogP contribution in [-0.4, -0.2) is 122 Å². The van der Waals surface area contributed by atoms with Crippen molar-refractivity contribution in [2.75, 3.05) is 64.5 Å². The molecular formula is C42H56N6O8. The van der Waals surface area contributed by atoms with Gasteiger partial charge in [0.05, 0.1) is 38.1 Å². The van der Waals surface area contributed by atoms with E-state index in [1.54, 1.807) is 23.1 Å². The first-order valence-electron chi connectivity index (χ1n) is 20.0. The maximum atomic E-state index is 14.1. The van der Waals surface area contributed by atoms with E-state index < -0.39 is 23.5 Å². The van der Waals surface area contributed by atoms with Crippen LogP contribution in [-0.2, 0) is 23.9 Å². The first-order chi connectivity index (χ1) is 26.7. The summed E-state index contributed by atoms with van der Waals surface area (Å²) < 4.78 is 18.0. The molecule has 14 nitrogen and oxygen atoms in total. The standard InChI is InChI=1S/C42H56N6O8/c1-41(2,3)36(43)39(52)48-24-30(21-32(48)38(51)46-18-19-55-34(25-46)28-8-6-5-7-9-28)56-26-27-22-42(23-27)13-16-45(17-14-42)37(50)29-10-11-33(54-4)31(20-29)47-15-12-35(49)44-40(47)53/h5-11,20,27,30,32,34,36H,12-19,21-26,43H2,1-4H3,(H,44,49,53)/t30-,32-,34-,36+/m0/s1. The Morgan fingerprint density at radius 1 is 0.982 bits per heavy atom. The van der Waals surface area contributed by atoms with Crippen molar-refractivity contribution in [2.45, 2.75) is 83.6 Å². The lowest BCUT2D eigenvalue weighted by atomic mass is 9.58. The molecule has 0 bridgehead atoms. The summed E-state index contributed by atoms with van der Waals surface area (Å²) in [6.07, 6.45) is 3.90. The van der Waals surface area contributed by atoms with Gasteiger partial charge in [-0.25, -0.2) is 4.79 Å². The molecule has 0 unspecified atom stereocenters. The molecule has 1 aliphatic carbocycles. The Bertz CT molecular complexity index is 1800. The third-order valence-corrected chi connectivity index (χ3v) is 12.5. The number of hydrogen-bond donors (Lipinski definition) is 2. The van der Waals surface area contributed by atoms with Gasteiger partial charge in [-0.3, -0.25) is 29.4 Å². The molecule has 5 aliphatic rings. The molecule has 7 rings (SSSR count). The first kappa shape index (κ1) is 39.7. The zero-order chi connectivity index (χ0) is 39.8. The van der Waals surface area contributed by atoms with Gasteiger partial charge in [-0.05, 0) is 66.2 Å². The quantitative estimate of drug-likeness (QED) is 0.387. The third-order valence-electron chi connectivity index (χ3n) is 12.5. The van der Waals surface area contributed by atoms with Crippen molar-refractivity contribution in [2.24, 2.45) is 22.5 Å². The molecule has 2 aromatic rings. The minimum atomic E-state index is -0.752. The van der Waals surface area contributed by atoms with E-state index in [-0.39, 0.29) is 54.2 Å².